The van der Waals surface area contributed by atoms with Gasteiger partial charge in [-0.05, 0) is 24.8 Å². The highest BCUT2D eigenvalue weighted by Gasteiger charge is 2.32. The summed E-state index contributed by atoms with van der Waals surface area (Å²) in [4.78, 5) is 37.4. The Hall–Kier alpha value is -2.74. The molecule has 0 bridgehead atoms. The van der Waals surface area contributed by atoms with E-state index in [0.29, 0.717) is 30.3 Å². The van der Waals surface area contributed by atoms with Gasteiger partial charge in [0.2, 0.25) is 0 Å². The molecule has 28 heavy (non-hydrogen) atoms. The number of fused-ring (bicyclic) bond motifs is 1. The molecule has 1 saturated heterocycles. The molecule has 1 aliphatic heterocycles. The summed E-state index contributed by atoms with van der Waals surface area (Å²) in [5, 5.41) is 17.3. The van der Waals surface area contributed by atoms with Gasteiger partial charge in [-0.1, -0.05) is 32.0 Å². The van der Waals surface area contributed by atoms with Gasteiger partial charge in [0.05, 0.1) is 12.0 Å². The number of aliphatic carboxylic acids is 1. The number of hydrogen-bond donors (Lipinski definition) is 2. The molecular weight excluding hydrogens is 362 g/mol. The van der Waals surface area contributed by atoms with Gasteiger partial charge in [0, 0.05) is 24.5 Å². The SMILES string of the molecule is CC(C)Cn1nc(C(=O)NC(C(=O)O)C2CCCOC2)c2ccccc2c1=O. The largest absolute Gasteiger partial charge is 0.480 e. The predicted octanol–water partition coefficient (Wildman–Crippen LogP) is 1.66. The molecule has 3 rings (SSSR count). The number of ether oxygens (including phenoxy) is 1. The number of nitrogens with zero attached hydrogens (tertiary/aromatic N) is 2. The molecule has 2 unspecified atom stereocenters. The second-order valence-electron chi connectivity index (χ2n) is 7.54. The second kappa shape index (κ2) is 8.52. The lowest BCUT2D eigenvalue weighted by molar-refractivity contribution is -0.142. The topological polar surface area (TPSA) is 111 Å². The fourth-order valence-electron chi connectivity index (χ4n) is 3.49. The summed E-state index contributed by atoms with van der Waals surface area (Å²) in [5.41, 5.74) is -0.213. The number of carbonyl (C=O) groups excluding carboxylic acids is 1. The molecule has 2 atom stereocenters. The van der Waals surface area contributed by atoms with Crippen molar-refractivity contribution in [1.82, 2.24) is 15.1 Å². The molecule has 1 amide bonds. The number of carboxylic acids is 1. The van der Waals surface area contributed by atoms with Crippen LogP contribution in [0.15, 0.2) is 29.1 Å². The van der Waals surface area contributed by atoms with E-state index in [9.17, 15) is 19.5 Å². The summed E-state index contributed by atoms with van der Waals surface area (Å²) in [6, 6.07) is 5.68. The van der Waals surface area contributed by atoms with Crippen molar-refractivity contribution in [2.75, 3.05) is 13.2 Å². The molecule has 150 valence electrons. The Morgan fingerprint density at radius 1 is 1.32 bits per heavy atom. The molecule has 0 radical (unpaired) electrons. The van der Waals surface area contributed by atoms with E-state index in [4.69, 9.17) is 4.74 Å². The van der Waals surface area contributed by atoms with Crippen LogP contribution in [0.1, 0.15) is 37.2 Å². The quantitative estimate of drug-likeness (QED) is 0.780. The molecule has 0 saturated carbocycles. The normalized spacial score (nSPS) is 18.2. The molecule has 0 spiro atoms. The van der Waals surface area contributed by atoms with Gasteiger partial charge in [-0.25, -0.2) is 9.48 Å². The van der Waals surface area contributed by atoms with Crippen LogP contribution in [0.3, 0.4) is 0 Å². The van der Waals surface area contributed by atoms with Crippen molar-refractivity contribution in [1.29, 1.82) is 0 Å². The summed E-state index contributed by atoms with van der Waals surface area (Å²) in [5.74, 6) is -1.85. The van der Waals surface area contributed by atoms with Crippen molar-refractivity contribution in [3.05, 3.63) is 40.3 Å². The minimum atomic E-state index is -1.11. The van der Waals surface area contributed by atoms with E-state index in [-0.39, 0.29) is 29.7 Å². The molecule has 1 aromatic carbocycles. The third-order valence-corrected chi connectivity index (χ3v) is 4.84. The van der Waals surface area contributed by atoms with E-state index in [1.807, 2.05) is 13.8 Å². The summed E-state index contributed by atoms with van der Waals surface area (Å²) < 4.78 is 6.65. The highest BCUT2D eigenvalue weighted by Crippen LogP contribution is 2.19. The van der Waals surface area contributed by atoms with Crippen molar-refractivity contribution in [2.24, 2.45) is 11.8 Å². The highest BCUT2D eigenvalue weighted by molar-refractivity contribution is 6.05. The van der Waals surface area contributed by atoms with Crippen molar-refractivity contribution >= 4 is 22.6 Å². The zero-order chi connectivity index (χ0) is 20.3. The van der Waals surface area contributed by atoms with Gasteiger partial charge < -0.3 is 15.2 Å². The third kappa shape index (κ3) is 4.22. The predicted molar refractivity (Wildman–Crippen MR) is 103 cm³/mol. The number of amides is 1. The Morgan fingerprint density at radius 2 is 2.04 bits per heavy atom. The molecule has 2 aromatic rings. The number of carboxylic acid groups (broad SMARTS) is 1. The summed E-state index contributed by atoms with van der Waals surface area (Å²) >= 11 is 0. The lowest BCUT2D eigenvalue weighted by Crippen LogP contribution is -2.49. The standard InChI is InChI=1S/C20H25N3O5/c1-12(2)10-23-19(25)15-8-4-3-7-14(15)17(22-23)18(24)21-16(20(26)27)13-6-5-9-28-11-13/h3-4,7-8,12-13,16H,5-6,9-11H2,1-2H3,(H,21,24)(H,26,27). The lowest BCUT2D eigenvalue weighted by Gasteiger charge is -2.28. The van der Waals surface area contributed by atoms with Gasteiger partial charge in [-0.2, -0.15) is 5.10 Å². The Labute approximate surface area is 162 Å². The van der Waals surface area contributed by atoms with Crippen LogP contribution in [-0.4, -0.2) is 46.0 Å². The highest BCUT2D eigenvalue weighted by atomic mass is 16.5. The zero-order valence-corrected chi connectivity index (χ0v) is 16.1. The zero-order valence-electron chi connectivity index (χ0n) is 16.1. The first-order valence-corrected chi connectivity index (χ1v) is 9.49. The Morgan fingerprint density at radius 3 is 2.64 bits per heavy atom. The van der Waals surface area contributed by atoms with Crippen LogP contribution in [-0.2, 0) is 16.1 Å². The molecule has 8 heteroatoms. The van der Waals surface area contributed by atoms with Gasteiger partial charge in [-0.15, -0.1) is 0 Å². The van der Waals surface area contributed by atoms with Gasteiger partial charge >= 0.3 is 5.97 Å². The number of nitrogens with one attached hydrogen (secondary N) is 1. The van der Waals surface area contributed by atoms with Crippen LogP contribution in [0.25, 0.3) is 10.8 Å². The van der Waals surface area contributed by atoms with Gasteiger partial charge in [0.1, 0.15) is 6.04 Å². The van der Waals surface area contributed by atoms with E-state index in [1.54, 1.807) is 24.3 Å². The molecule has 1 aliphatic rings. The van der Waals surface area contributed by atoms with E-state index < -0.39 is 17.9 Å². The van der Waals surface area contributed by atoms with Crippen molar-refractivity contribution in [3.63, 3.8) is 0 Å². The minimum absolute atomic E-state index is 0.0545. The van der Waals surface area contributed by atoms with Crippen LogP contribution in [0.2, 0.25) is 0 Å². The maximum absolute atomic E-state index is 13.0. The third-order valence-electron chi connectivity index (χ3n) is 4.84. The first kappa shape index (κ1) is 20.0. The lowest BCUT2D eigenvalue weighted by atomic mass is 9.93. The maximum atomic E-state index is 13.0. The number of hydrogen-bond acceptors (Lipinski definition) is 5. The number of carbonyl (C=O) groups is 2. The first-order chi connectivity index (χ1) is 13.4. The fourth-order valence-corrected chi connectivity index (χ4v) is 3.49. The molecule has 0 aliphatic carbocycles. The van der Waals surface area contributed by atoms with E-state index >= 15 is 0 Å². The number of benzene rings is 1. The van der Waals surface area contributed by atoms with E-state index in [0.717, 1.165) is 6.42 Å². The van der Waals surface area contributed by atoms with Crippen molar-refractivity contribution in [2.45, 2.75) is 39.3 Å². The minimum Gasteiger partial charge on any atom is -0.480 e. The van der Waals surface area contributed by atoms with E-state index in [2.05, 4.69) is 10.4 Å². The Bertz CT molecular complexity index is 931. The van der Waals surface area contributed by atoms with Crippen LogP contribution >= 0.6 is 0 Å². The van der Waals surface area contributed by atoms with Gasteiger partial charge in [0.15, 0.2) is 5.69 Å². The first-order valence-electron chi connectivity index (χ1n) is 9.49. The van der Waals surface area contributed by atoms with E-state index in [1.165, 1.54) is 4.68 Å². The average Bonchev–Trinajstić information content (AvgIpc) is 2.68. The fraction of sp³-hybridized carbons (Fsp3) is 0.500. The number of aromatic nitrogens is 2. The molecule has 1 aromatic heterocycles. The average molecular weight is 387 g/mol. The molecule has 8 nitrogen and oxygen atoms in total. The maximum Gasteiger partial charge on any atom is 0.326 e. The monoisotopic (exact) mass is 387 g/mol. The smallest absolute Gasteiger partial charge is 0.326 e. The second-order valence-corrected chi connectivity index (χ2v) is 7.54. The molecule has 2 N–H and O–H groups in total. The van der Waals surface area contributed by atoms with Crippen LogP contribution in [0.5, 0.6) is 0 Å². The Balaban J connectivity index is 1.99. The van der Waals surface area contributed by atoms with Crippen molar-refractivity contribution < 1.29 is 19.4 Å². The van der Waals surface area contributed by atoms with Crippen LogP contribution in [0.4, 0.5) is 0 Å². The molecule has 2 heterocycles. The van der Waals surface area contributed by atoms with Crippen LogP contribution in [0, 0.1) is 11.8 Å². The molecular formula is C20H25N3O5. The number of rotatable bonds is 6. The summed E-state index contributed by atoms with van der Waals surface area (Å²) in [6.07, 6.45) is 1.42. The van der Waals surface area contributed by atoms with Gasteiger partial charge in [0.25, 0.3) is 11.5 Å². The Kier molecular flexibility index (Phi) is 6.08. The van der Waals surface area contributed by atoms with Crippen LogP contribution < -0.4 is 10.9 Å². The van der Waals surface area contributed by atoms with Gasteiger partial charge in [-0.3, -0.25) is 9.59 Å². The summed E-state index contributed by atoms with van der Waals surface area (Å²) in [7, 11) is 0. The molecule has 1 fully saturated rings. The van der Waals surface area contributed by atoms with Crippen molar-refractivity contribution in [3.8, 4) is 0 Å². The summed E-state index contributed by atoms with van der Waals surface area (Å²) in [6.45, 7) is 5.16.